The van der Waals surface area contributed by atoms with Gasteiger partial charge in [0.05, 0.1) is 17.1 Å². The quantitative estimate of drug-likeness (QED) is 0.212. The van der Waals surface area contributed by atoms with Crippen molar-refractivity contribution in [3.63, 3.8) is 0 Å². The molecule has 1 N–H and O–H groups in total. The van der Waals surface area contributed by atoms with E-state index in [0.29, 0.717) is 11.7 Å². The van der Waals surface area contributed by atoms with Gasteiger partial charge in [0, 0.05) is 31.0 Å². The Morgan fingerprint density at radius 3 is 2.34 bits per heavy atom. The molecule has 0 bridgehead atoms. The van der Waals surface area contributed by atoms with E-state index in [2.05, 4.69) is 26.5 Å². The lowest BCUT2D eigenvalue weighted by Crippen LogP contribution is -2.37. The van der Waals surface area contributed by atoms with Crippen LogP contribution >= 0.6 is 0 Å². The van der Waals surface area contributed by atoms with E-state index in [9.17, 15) is 18.3 Å². The summed E-state index contributed by atoms with van der Waals surface area (Å²) in [6.07, 6.45) is 1.05. The molecule has 0 radical (unpaired) electrons. The van der Waals surface area contributed by atoms with Crippen molar-refractivity contribution in [1.29, 1.82) is 0 Å². The molecular formula is C36H45NO6S. The van der Waals surface area contributed by atoms with E-state index in [1.807, 2.05) is 69.3 Å². The van der Waals surface area contributed by atoms with Crippen molar-refractivity contribution in [1.82, 2.24) is 4.31 Å². The third-order valence-corrected chi connectivity index (χ3v) is 10.2. The number of rotatable bonds is 12. The van der Waals surface area contributed by atoms with Crippen LogP contribution in [-0.2, 0) is 26.1 Å². The molecular weight excluding hydrogens is 574 g/mol. The maximum atomic E-state index is 13.4. The van der Waals surface area contributed by atoms with Crippen LogP contribution < -0.4 is 4.74 Å². The Balaban J connectivity index is 1.66. The Labute approximate surface area is 262 Å². The molecule has 0 spiro atoms. The number of carbonyl (C=O) groups is 1. The minimum absolute atomic E-state index is 0.0169. The van der Waals surface area contributed by atoms with Crippen LogP contribution in [-0.4, -0.2) is 43.6 Å². The fourth-order valence-corrected chi connectivity index (χ4v) is 7.41. The van der Waals surface area contributed by atoms with E-state index in [1.165, 1.54) is 4.31 Å². The summed E-state index contributed by atoms with van der Waals surface area (Å²) >= 11 is 0. The lowest BCUT2D eigenvalue weighted by Gasteiger charge is -2.44. The maximum absolute atomic E-state index is 13.4. The summed E-state index contributed by atoms with van der Waals surface area (Å²) in [4.78, 5) is 11.6. The summed E-state index contributed by atoms with van der Waals surface area (Å²) in [6.45, 7) is 14.5. The van der Waals surface area contributed by atoms with Gasteiger partial charge in [-0.3, -0.25) is 0 Å². The van der Waals surface area contributed by atoms with E-state index in [-0.39, 0.29) is 35.5 Å². The molecule has 3 aromatic carbocycles. The van der Waals surface area contributed by atoms with Gasteiger partial charge in [-0.1, -0.05) is 74.5 Å². The largest absolute Gasteiger partial charge is 0.482 e. The van der Waals surface area contributed by atoms with E-state index < -0.39 is 22.6 Å². The summed E-state index contributed by atoms with van der Waals surface area (Å²) in [5, 5.41) is 9.31. The SMILES string of the molecule is C=C(C)[C@@H]1C[C@@H](c2ccc(S(=O)(=O)N(C)Cc3ccccc3)cc2)[C@@H](CC(C)C)O[C@H]1c1c(C)cc(C)cc1OCC(=O)O. The van der Waals surface area contributed by atoms with Crippen LogP contribution in [0.5, 0.6) is 5.75 Å². The molecule has 4 rings (SSSR count). The van der Waals surface area contributed by atoms with Crippen molar-refractivity contribution in [2.45, 2.75) is 77.0 Å². The minimum atomic E-state index is -3.68. The maximum Gasteiger partial charge on any atom is 0.341 e. The Morgan fingerprint density at radius 1 is 1.09 bits per heavy atom. The molecule has 8 heteroatoms. The lowest BCUT2D eigenvalue weighted by atomic mass is 9.73. The fourth-order valence-electron chi connectivity index (χ4n) is 6.25. The van der Waals surface area contributed by atoms with Crippen LogP contribution in [0.3, 0.4) is 0 Å². The molecule has 0 aromatic heterocycles. The number of aliphatic carboxylic acids is 1. The zero-order valence-electron chi connectivity index (χ0n) is 26.6. The van der Waals surface area contributed by atoms with Crippen molar-refractivity contribution in [3.8, 4) is 5.75 Å². The zero-order valence-corrected chi connectivity index (χ0v) is 27.4. The molecule has 236 valence electrons. The third-order valence-electron chi connectivity index (χ3n) is 8.37. The first-order valence-electron chi connectivity index (χ1n) is 15.1. The van der Waals surface area contributed by atoms with Crippen molar-refractivity contribution in [2.75, 3.05) is 13.7 Å². The summed E-state index contributed by atoms with van der Waals surface area (Å²) in [6, 6.07) is 20.7. The Bertz CT molecular complexity index is 1570. The molecule has 3 aromatic rings. The van der Waals surface area contributed by atoms with Crippen molar-refractivity contribution >= 4 is 16.0 Å². The van der Waals surface area contributed by atoms with Gasteiger partial charge in [-0.15, -0.1) is 0 Å². The minimum Gasteiger partial charge on any atom is -0.482 e. The Morgan fingerprint density at radius 2 is 1.75 bits per heavy atom. The van der Waals surface area contributed by atoms with Gasteiger partial charge in [-0.25, -0.2) is 13.2 Å². The van der Waals surface area contributed by atoms with Crippen molar-refractivity contribution in [2.24, 2.45) is 11.8 Å². The highest BCUT2D eigenvalue weighted by atomic mass is 32.2. The van der Waals surface area contributed by atoms with Gasteiger partial charge >= 0.3 is 5.97 Å². The number of ether oxygens (including phenoxy) is 2. The second-order valence-electron chi connectivity index (χ2n) is 12.5. The van der Waals surface area contributed by atoms with Gasteiger partial charge in [0.15, 0.2) is 6.61 Å². The summed E-state index contributed by atoms with van der Waals surface area (Å²) < 4.78 is 41.0. The van der Waals surface area contributed by atoms with Crippen LogP contribution in [0.25, 0.3) is 0 Å². The molecule has 0 amide bonds. The molecule has 0 aliphatic carbocycles. The third kappa shape index (κ3) is 7.78. The van der Waals surface area contributed by atoms with Crippen molar-refractivity contribution in [3.05, 3.63) is 107 Å². The van der Waals surface area contributed by atoms with Crippen LogP contribution in [0.4, 0.5) is 0 Å². The molecule has 1 saturated heterocycles. The standard InChI is InChI=1S/C36H45NO6S/c1-23(2)17-32-31(28-13-15-29(16-14-28)44(40,41)37(7)21-27-11-9-8-10-12-27)20-30(24(3)4)36(43-32)35-26(6)18-25(5)19-33(35)42-22-34(38)39/h8-16,18-19,23,30-32,36H,3,17,20-22H2,1-2,4-7H3,(H,38,39)/t30-,31-,32+,36+/m0/s1. The van der Waals surface area contributed by atoms with E-state index >= 15 is 0 Å². The van der Waals surface area contributed by atoms with Gasteiger partial charge in [0.2, 0.25) is 10.0 Å². The van der Waals surface area contributed by atoms with Crippen molar-refractivity contribution < 1.29 is 27.8 Å². The average molecular weight is 620 g/mol. The number of nitrogens with zero attached hydrogens (tertiary/aromatic N) is 1. The van der Waals surface area contributed by atoms with Crippen LogP contribution in [0.1, 0.15) is 73.5 Å². The number of hydrogen-bond acceptors (Lipinski definition) is 5. The number of benzene rings is 3. The Hall–Kier alpha value is -3.46. The van der Waals surface area contributed by atoms with Gasteiger partial charge in [0.25, 0.3) is 0 Å². The van der Waals surface area contributed by atoms with Crippen LogP contribution in [0.2, 0.25) is 0 Å². The molecule has 0 saturated carbocycles. The molecule has 1 heterocycles. The van der Waals surface area contributed by atoms with E-state index in [0.717, 1.165) is 46.2 Å². The second-order valence-corrected chi connectivity index (χ2v) is 14.6. The van der Waals surface area contributed by atoms with Crippen LogP contribution in [0.15, 0.2) is 83.8 Å². The van der Waals surface area contributed by atoms with Gasteiger partial charge in [-0.05, 0) is 80.0 Å². The first-order chi connectivity index (χ1) is 20.8. The predicted octanol–water partition coefficient (Wildman–Crippen LogP) is 7.44. The summed E-state index contributed by atoms with van der Waals surface area (Å²) in [5.41, 5.74) is 5.74. The van der Waals surface area contributed by atoms with Crippen LogP contribution in [0, 0.1) is 25.7 Å². The number of sulfonamides is 1. The molecule has 1 fully saturated rings. The summed E-state index contributed by atoms with van der Waals surface area (Å²) in [7, 11) is -2.08. The zero-order chi connectivity index (χ0) is 32.2. The highest BCUT2D eigenvalue weighted by Gasteiger charge is 2.41. The molecule has 1 aliphatic heterocycles. The second kappa shape index (κ2) is 14.1. The molecule has 1 aliphatic rings. The average Bonchev–Trinajstić information content (AvgIpc) is 2.96. The van der Waals surface area contributed by atoms with Gasteiger partial charge < -0.3 is 14.6 Å². The Kier molecular flexibility index (Phi) is 10.7. The smallest absolute Gasteiger partial charge is 0.341 e. The number of aryl methyl sites for hydroxylation is 2. The fraction of sp³-hybridized carbons (Fsp3) is 0.417. The number of carboxylic acids is 1. The number of hydrogen-bond donors (Lipinski definition) is 1. The molecule has 7 nitrogen and oxygen atoms in total. The first kappa shape index (κ1) is 33.4. The molecule has 0 unspecified atom stereocenters. The molecule has 4 atom stereocenters. The highest BCUT2D eigenvalue weighted by molar-refractivity contribution is 7.89. The highest BCUT2D eigenvalue weighted by Crippen LogP contribution is 2.50. The lowest BCUT2D eigenvalue weighted by molar-refractivity contribution is -0.139. The number of carboxylic acid groups (broad SMARTS) is 1. The van der Waals surface area contributed by atoms with Gasteiger partial charge in [0.1, 0.15) is 5.75 Å². The van der Waals surface area contributed by atoms with E-state index in [1.54, 1.807) is 19.2 Å². The normalized spacial score (nSPS) is 20.5. The first-order valence-corrected chi connectivity index (χ1v) is 16.6. The predicted molar refractivity (Wildman–Crippen MR) is 173 cm³/mol. The topological polar surface area (TPSA) is 93.1 Å². The summed E-state index contributed by atoms with van der Waals surface area (Å²) in [5.74, 6) is -0.193. The molecule has 44 heavy (non-hydrogen) atoms. The van der Waals surface area contributed by atoms with E-state index in [4.69, 9.17) is 9.47 Å². The van der Waals surface area contributed by atoms with Gasteiger partial charge in [-0.2, -0.15) is 4.31 Å². The monoisotopic (exact) mass is 619 g/mol.